The van der Waals surface area contributed by atoms with Crippen molar-refractivity contribution in [3.05, 3.63) is 71.5 Å². The maximum atomic E-state index is 15.1. The molecule has 2 nitrogen and oxygen atoms in total. The number of hydrogen-bond acceptors (Lipinski definition) is 2. The molecule has 0 amide bonds. The normalized spacial score (nSPS) is 20.0. The molecule has 4 aromatic rings. The van der Waals surface area contributed by atoms with Crippen molar-refractivity contribution in [1.29, 1.82) is 0 Å². The highest BCUT2D eigenvalue weighted by Gasteiger charge is 2.33. The largest absolute Gasteiger partial charge is 0.385 e. The van der Waals surface area contributed by atoms with E-state index in [0.29, 0.717) is 16.3 Å². The SMILES string of the molecule is OC1c2cccc3ccc4c5ccccc5c(F)c(c4c23)C1O. The van der Waals surface area contributed by atoms with Gasteiger partial charge >= 0.3 is 0 Å². The second-order valence-electron chi connectivity index (χ2n) is 6.10. The second kappa shape index (κ2) is 4.28. The molecule has 0 bridgehead atoms. The van der Waals surface area contributed by atoms with Crippen molar-refractivity contribution in [3.8, 4) is 0 Å². The molecule has 5 rings (SSSR count). The molecule has 1 aliphatic rings. The molecule has 0 fully saturated rings. The molecule has 0 aliphatic heterocycles. The molecular weight excluding hydrogens is 291 g/mol. The average molecular weight is 304 g/mol. The summed E-state index contributed by atoms with van der Waals surface area (Å²) < 4.78 is 15.1. The van der Waals surface area contributed by atoms with Crippen molar-refractivity contribution >= 4 is 32.3 Å². The van der Waals surface area contributed by atoms with Gasteiger partial charge in [-0.3, -0.25) is 0 Å². The molecule has 0 aromatic heterocycles. The molecule has 1 aliphatic carbocycles. The minimum atomic E-state index is -1.26. The zero-order chi connectivity index (χ0) is 15.7. The van der Waals surface area contributed by atoms with E-state index in [-0.39, 0.29) is 5.56 Å². The van der Waals surface area contributed by atoms with E-state index >= 15 is 4.39 Å². The number of hydrogen-bond donors (Lipinski definition) is 2. The zero-order valence-corrected chi connectivity index (χ0v) is 12.1. The third-order valence-electron chi connectivity index (χ3n) is 4.95. The van der Waals surface area contributed by atoms with E-state index in [9.17, 15) is 10.2 Å². The molecule has 112 valence electrons. The fourth-order valence-corrected chi connectivity index (χ4v) is 3.93. The van der Waals surface area contributed by atoms with Crippen LogP contribution in [0.1, 0.15) is 23.3 Å². The third kappa shape index (κ3) is 1.48. The van der Waals surface area contributed by atoms with Crippen LogP contribution >= 0.6 is 0 Å². The van der Waals surface area contributed by atoms with Gasteiger partial charge in [-0.1, -0.05) is 54.6 Å². The van der Waals surface area contributed by atoms with Crippen LogP contribution in [0.4, 0.5) is 4.39 Å². The van der Waals surface area contributed by atoms with Crippen LogP contribution in [0.5, 0.6) is 0 Å². The van der Waals surface area contributed by atoms with Crippen LogP contribution in [-0.4, -0.2) is 10.2 Å². The summed E-state index contributed by atoms with van der Waals surface area (Å²) in [4.78, 5) is 0. The molecular formula is C20H13FO2. The zero-order valence-electron chi connectivity index (χ0n) is 12.1. The Labute approximate surface area is 131 Å². The molecule has 0 saturated carbocycles. The Hall–Kier alpha value is -2.49. The minimum Gasteiger partial charge on any atom is -0.385 e. The van der Waals surface area contributed by atoms with E-state index in [1.807, 2.05) is 36.4 Å². The molecule has 0 radical (unpaired) electrons. The Morgan fingerprint density at radius 2 is 1.48 bits per heavy atom. The summed E-state index contributed by atoms with van der Waals surface area (Å²) in [5, 5.41) is 25.7. The van der Waals surface area contributed by atoms with E-state index in [1.54, 1.807) is 18.2 Å². The minimum absolute atomic E-state index is 0.204. The van der Waals surface area contributed by atoms with Crippen molar-refractivity contribution in [2.75, 3.05) is 0 Å². The van der Waals surface area contributed by atoms with Gasteiger partial charge in [-0.05, 0) is 32.5 Å². The Morgan fingerprint density at radius 1 is 0.696 bits per heavy atom. The molecule has 0 spiro atoms. The van der Waals surface area contributed by atoms with Crippen LogP contribution in [0.25, 0.3) is 32.3 Å². The van der Waals surface area contributed by atoms with Crippen molar-refractivity contribution in [2.24, 2.45) is 0 Å². The number of rotatable bonds is 0. The van der Waals surface area contributed by atoms with E-state index in [4.69, 9.17) is 0 Å². The fourth-order valence-electron chi connectivity index (χ4n) is 3.93. The highest BCUT2D eigenvalue weighted by molar-refractivity contribution is 6.20. The van der Waals surface area contributed by atoms with Gasteiger partial charge in [0.05, 0.1) is 0 Å². The average Bonchev–Trinajstić information content (AvgIpc) is 2.59. The number of benzene rings is 4. The van der Waals surface area contributed by atoms with Crippen molar-refractivity contribution in [2.45, 2.75) is 12.2 Å². The van der Waals surface area contributed by atoms with Crippen LogP contribution < -0.4 is 0 Å². The number of aliphatic hydroxyl groups excluding tert-OH is 2. The highest BCUT2D eigenvalue weighted by atomic mass is 19.1. The van der Waals surface area contributed by atoms with E-state index in [1.165, 1.54) is 0 Å². The lowest BCUT2D eigenvalue weighted by Gasteiger charge is -2.29. The number of halogens is 1. The standard InChI is InChI=1S/C20H13FO2/c21-18-13-6-2-1-5-11(13)12-9-8-10-4-3-7-14-15(10)16(12)17(18)20(23)19(14)22/h1-9,19-20,22-23H. The monoisotopic (exact) mass is 304 g/mol. The third-order valence-corrected chi connectivity index (χ3v) is 4.95. The fraction of sp³-hybridized carbons (Fsp3) is 0.100. The maximum Gasteiger partial charge on any atom is 0.137 e. The molecule has 2 atom stereocenters. The van der Waals surface area contributed by atoms with E-state index < -0.39 is 18.0 Å². The summed E-state index contributed by atoms with van der Waals surface area (Å²) in [6.45, 7) is 0. The van der Waals surface area contributed by atoms with Gasteiger partial charge in [-0.25, -0.2) is 4.39 Å². The van der Waals surface area contributed by atoms with Gasteiger partial charge in [-0.15, -0.1) is 0 Å². The first-order valence-corrected chi connectivity index (χ1v) is 7.60. The molecule has 0 saturated heterocycles. The first kappa shape index (κ1) is 13.0. The van der Waals surface area contributed by atoms with Gasteiger partial charge in [0.1, 0.15) is 18.0 Å². The van der Waals surface area contributed by atoms with Crippen molar-refractivity contribution in [3.63, 3.8) is 0 Å². The van der Waals surface area contributed by atoms with Crippen LogP contribution in [0.2, 0.25) is 0 Å². The van der Waals surface area contributed by atoms with Crippen LogP contribution in [0.3, 0.4) is 0 Å². The van der Waals surface area contributed by atoms with Crippen LogP contribution in [0.15, 0.2) is 54.6 Å². The summed E-state index contributed by atoms with van der Waals surface area (Å²) in [7, 11) is 0. The lowest BCUT2D eigenvalue weighted by atomic mass is 9.81. The highest BCUT2D eigenvalue weighted by Crippen LogP contribution is 2.48. The summed E-state index contributed by atoms with van der Waals surface area (Å²) in [6.07, 6.45) is -2.38. The van der Waals surface area contributed by atoms with Crippen LogP contribution in [0, 0.1) is 5.82 Å². The first-order valence-electron chi connectivity index (χ1n) is 7.60. The quantitative estimate of drug-likeness (QED) is 0.474. The molecule has 2 unspecified atom stereocenters. The van der Waals surface area contributed by atoms with Crippen LogP contribution in [-0.2, 0) is 0 Å². The predicted molar refractivity (Wildman–Crippen MR) is 88.8 cm³/mol. The molecule has 3 heteroatoms. The summed E-state index contributed by atoms with van der Waals surface area (Å²) in [5.74, 6) is -0.443. The van der Waals surface area contributed by atoms with Gasteiger partial charge < -0.3 is 10.2 Å². The molecule has 2 N–H and O–H groups in total. The number of aliphatic hydroxyl groups is 2. The van der Waals surface area contributed by atoms with Gasteiger partial charge in [-0.2, -0.15) is 0 Å². The number of fused-ring (bicyclic) bond motifs is 2. The molecule has 0 heterocycles. The summed E-state index contributed by atoms with van der Waals surface area (Å²) in [6, 6.07) is 16.8. The van der Waals surface area contributed by atoms with Gasteiger partial charge in [0.2, 0.25) is 0 Å². The van der Waals surface area contributed by atoms with Gasteiger partial charge in [0.15, 0.2) is 0 Å². The van der Waals surface area contributed by atoms with Crippen molar-refractivity contribution in [1.82, 2.24) is 0 Å². The predicted octanol–water partition coefficient (Wildman–Crippen LogP) is 4.37. The Balaban J connectivity index is 2.19. The van der Waals surface area contributed by atoms with Gasteiger partial charge in [0.25, 0.3) is 0 Å². The maximum absolute atomic E-state index is 15.1. The Kier molecular flexibility index (Phi) is 2.42. The summed E-state index contributed by atoms with van der Waals surface area (Å²) >= 11 is 0. The van der Waals surface area contributed by atoms with E-state index in [2.05, 4.69) is 0 Å². The topological polar surface area (TPSA) is 40.5 Å². The molecule has 4 aromatic carbocycles. The summed E-state index contributed by atoms with van der Waals surface area (Å²) in [5.41, 5.74) is 0.860. The van der Waals surface area contributed by atoms with Gasteiger partial charge in [0, 0.05) is 10.9 Å². The second-order valence-corrected chi connectivity index (χ2v) is 6.10. The lowest BCUT2D eigenvalue weighted by Crippen LogP contribution is -2.17. The first-order chi connectivity index (χ1) is 11.2. The lowest BCUT2D eigenvalue weighted by molar-refractivity contribution is 0.0159. The molecule has 23 heavy (non-hydrogen) atoms. The van der Waals surface area contributed by atoms with Crippen molar-refractivity contribution < 1.29 is 14.6 Å². The Bertz CT molecular complexity index is 1120. The Morgan fingerprint density at radius 3 is 2.30 bits per heavy atom. The smallest absolute Gasteiger partial charge is 0.137 e. The van der Waals surface area contributed by atoms with E-state index in [0.717, 1.165) is 21.5 Å².